The van der Waals surface area contributed by atoms with Crippen LogP contribution in [0.2, 0.25) is 0 Å². The van der Waals surface area contributed by atoms with Gasteiger partial charge in [0.05, 0.1) is 11.0 Å². The van der Waals surface area contributed by atoms with E-state index < -0.39 is 11.6 Å². The lowest BCUT2D eigenvalue weighted by Gasteiger charge is -2.08. The van der Waals surface area contributed by atoms with Gasteiger partial charge in [0.2, 0.25) is 0 Å². The Bertz CT molecular complexity index is 845. The lowest BCUT2D eigenvalue weighted by atomic mass is 10.2. The van der Waals surface area contributed by atoms with Gasteiger partial charge in [0, 0.05) is 28.9 Å². The molecule has 21 heavy (non-hydrogen) atoms. The largest absolute Gasteiger partial charge is 0.327 e. The van der Waals surface area contributed by atoms with Gasteiger partial charge in [-0.05, 0) is 40.2 Å². The molecule has 0 unspecified atom stereocenters. The number of aromatic nitrogens is 2. The highest BCUT2D eigenvalue weighted by atomic mass is 79.9. The third-order valence-corrected chi connectivity index (χ3v) is 3.87. The first kappa shape index (κ1) is 13.9. The van der Waals surface area contributed by atoms with E-state index >= 15 is 0 Å². The summed E-state index contributed by atoms with van der Waals surface area (Å²) < 4.78 is 29.6. The quantitative estimate of drug-likeness (QED) is 0.529. The summed E-state index contributed by atoms with van der Waals surface area (Å²) in [5.74, 6) is -1.29. The molecular formula is C15H9BrF2N2O. The molecule has 0 saturated carbocycles. The molecule has 0 fully saturated rings. The molecule has 6 heteroatoms. The van der Waals surface area contributed by atoms with Gasteiger partial charge in [0.25, 0.3) is 0 Å². The van der Waals surface area contributed by atoms with Crippen molar-refractivity contribution in [3.8, 4) is 0 Å². The Hall–Kier alpha value is -2.08. The van der Waals surface area contributed by atoms with E-state index in [1.54, 1.807) is 29.1 Å². The standard InChI is InChI=1S/C15H9BrF2N2O/c16-12-3-4-13(17)11(14(12)18)7-20-6-9(8-21)10-2-1-5-19-15(10)20/h1-6,8H,7H2. The van der Waals surface area contributed by atoms with Crippen LogP contribution in [0.3, 0.4) is 0 Å². The Morgan fingerprint density at radius 1 is 1.29 bits per heavy atom. The van der Waals surface area contributed by atoms with E-state index in [9.17, 15) is 13.6 Å². The number of carbonyl (C=O) groups is 1. The topological polar surface area (TPSA) is 34.9 Å². The minimum atomic E-state index is -0.652. The van der Waals surface area contributed by atoms with Crippen molar-refractivity contribution in [1.29, 1.82) is 0 Å². The van der Waals surface area contributed by atoms with E-state index in [0.29, 0.717) is 22.9 Å². The van der Waals surface area contributed by atoms with Crippen LogP contribution in [-0.2, 0) is 6.54 Å². The molecule has 3 rings (SSSR count). The van der Waals surface area contributed by atoms with Crippen LogP contribution in [0, 0.1) is 11.6 Å². The monoisotopic (exact) mass is 350 g/mol. The summed E-state index contributed by atoms with van der Waals surface area (Å²) in [6, 6.07) is 5.97. The van der Waals surface area contributed by atoms with Crippen LogP contribution in [0.15, 0.2) is 41.1 Å². The Morgan fingerprint density at radius 2 is 2.10 bits per heavy atom. The van der Waals surface area contributed by atoms with E-state index in [-0.39, 0.29) is 16.6 Å². The molecule has 0 radical (unpaired) electrons. The third kappa shape index (κ3) is 2.35. The normalized spacial score (nSPS) is 11.0. The Balaban J connectivity index is 2.15. The van der Waals surface area contributed by atoms with Gasteiger partial charge in [-0.2, -0.15) is 0 Å². The molecule has 2 aromatic heterocycles. The summed E-state index contributed by atoms with van der Waals surface area (Å²) in [6.45, 7) is -0.0432. The number of benzene rings is 1. The highest BCUT2D eigenvalue weighted by Crippen LogP contribution is 2.25. The lowest BCUT2D eigenvalue weighted by molar-refractivity contribution is 0.112. The molecule has 1 aromatic carbocycles. The number of hydrogen-bond acceptors (Lipinski definition) is 2. The van der Waals surface area contributed by atoms with Gasteiger partial charge in [-0.25, -0.2) is 13.8 Å². The summed E-state index contributed by atoms with van der Waals surface area (Å²) in [5.41, 5.74) is 0.872. The number of fused-ring (bicyclic) bond motifs is 1. The zero-order valence-corrected chi connectivity index (χ0v) is 12.3. The van der Waals surface area contributed by atoms with E-state index in [1.165, 1.54) is 12.1 Å². The number of hydrogen-bond donors (Lipinski definition) is 0. The average Bonchev–Trinajstić information content (AvgIpc) is 2.86. The van der Waals surface area contributed by atoms with Crippen molar-refractivity contribution in [2.24, 2.45) is 0 Å². The van der Waals surface area contributed by atoms with Crippen molar-refractivity contribution in [2.45, 2.75) is 6.54 Å². The molecule has 0 bridgehead atoms. The van der Waals surface area contributed by atoms with Crippen LogP contribution in [-0.4, -0.2) is 15.8 Å². The molecule has 0 aliphatic carbocycles. The second-order valence-electron chi connectivity index (χ2n) is 4.53. The molecule has 0 N–H and O–H groups in total. The number of halogens is 3. The van der Waals surface area contributed by atoms with Crippen LogP contribution in [0.25, 0.3) is 11.0 Å². The lowest BCUT2D eigenvalue weighted by Crippen LogP contribution is -2.05. The molecule has 0 spiro atoms. The van der Waals surface area contributed by atoms with Gasteiger partial charge >= 0.3 is 0 Å². The first-order valence-electron chi connectivity index (χ1n) is 6.13. The minimum absolute atomic E-state index is 0.0432. The Morgan fingerprint density at radius 3 is 2.86 bits per heavy atom. The SMILES string of the molecule is O=Cc1cn(Cc2c(F)ccc(Br)c2F)c2ncccc12. The van der Waals surface area contributed by atoms with E-state index in [1.807, 2.05) is 0 Å². The molecule has 3 nitrogen and oxygen atoms in total. The predicted octanol–water partition coefficient (Wildman–Crippen LogP) is 3.94. The maximum absolute atomic E-state index is 14.0. The maximum Gasteiger partial charge on any atom is 0.152 e. The summed E-state index contributed by atoms with van der Waals surface area (Å²) in [5, 5.41) is 0.656. The average molecular weight is 351 g/mol. The zero-order chi connectivity index (χ0) is 15.0. The van der Waals surface area contributed by atoms with Gasteiger partial charge < -0.3 is 4.57 Å². The summed E-state index contributed by atoms with van der Waals surface area (Å²) in [4.78, 5) is 15.3. The van der Waals surface area contributed by atoms with Gasteiger partial charge in [-0.15, -0.1) is 0 Å². The highest BCUT2D eigenvalue weighted by Gasteiger charge is 2.15. The van der Waals surface area contributed by atoms with Gasteiger partial charge in [-0.3, -0.25) is 4.79 Å². The first-order chi connectivity index (χ1) is 10.1. The van der Waals surface area contributed by atoms with Crippen LogP contribution in [0.4, 0.5) is 8.78 Å². The van der Waals surface area contributed by atoms with Gasteiger partial charge in [0.15, 0.2) is 6.29 Å². The fraction of sp³-hybridized carbons (Fsp3) is 0.0667. The zero-order valence-electron chi connectivity index (χ0n) is 10.7. The van der Waals surface area contributed by atoms with Crippen molar-refractivity contribution in [3.05, 3.63) is 63.9 Å². The molecule has 0 aliphatic heterocycles. The minimum Gasteiger partial charge on any atom is -0.327 e. The summed E-state index contributed by atoms with van der Waals surface area (Å²) in [6.07, 6.45) is 3.82. The van der Waals surface area contributed by atoms with Gasteiger partial charge in [0.1, 0.15) is 17.3 Å². The third-order valence-electron chi connectivity index (χ3n) is 3.26. The van der Waals surface area contributed by atoms with Crippen LogP contribution >= 0.6 is 15.9 Å². The van der Waals surface area contributed by atoms with Crippen molar-refractivity contribution < 1.29 is 13.6 Å². The molecule has 106 valence electrons. The summed E-state index contributed by atoms with van der Waals surface area (Å²) in [7, 11) is 0. The molecule has 0 aliphatic rings. The van der Waals surface area contributed by atoms with E-state index in [0.717, 1.165) is 0 Å². The molecule has 0 saturated heterocycles. The Labute approximate surface area is 127 Å². The van der Waals surface area contributed by atoms with Crippen molar-refractivity contribution >= 4 is 33.2 Å². The summed E-state index contributed by atoms with van der Waals surface area (Å²) >= 11 is 3.04. The Kier molecular flexibility index (Phi) is 3.55. The van der Waals surface area contributed by atoms with Crippen molar-refractivity contribution in [2.75, 3.05) is 0 Å². The van der Waals surface area contributed by atoms with Crippen molar-refractivity contribution in [1.82, 2.24) is 9.55 Å². The number of pyridine rings is 1. The van der Waals surface area contributed by atoms with Gasteiger partial charge in [-0.1, -0.05) is 0 Å². The van der Waals surface area contributed by atoms with Crippen molar-refractivity contribution in [3.63, 3.8) is 0 Å². The number of carbonyl (C=O) groups excluding carboxylic acids is 1. The fourth-order valence-corrected chi connectivity index (χ4v) is 2.62. The van der Waals surface area contributed by atoms with Crippen LogP contribution in [0.5, 0.6) is 0 Å². The maximum atomic E-state index is 14.0. The molecule has 0 amide bonds. The first-order valence-corrected chi connectivity index (χ1v) is 6.92. The fourth-order valence-electron chi connectivity index (χ4n) is 2.25. The predicted molar refractivity (Wildman–Crippen MR) is 78.3 cm³/mol. The molecule has 3 aromatic rings. The second-order valence-corrected chi connectivity index (χ2v) is 5.38. The molecule has 2 heterocycles. The molecular weight excluding hydrogens is 342 g/mol. The van der Waals surface area contributed by atoms with Crippen LogP contribution in [0.1, 0.15) is 15.9 Å². The number of nitrogens with zero attached hydrogens (tertiary/aromatic N) is 2. The second kappa shape index (κ2) is 5.37. The highest BCUT2D eigenvalue weighted by molar-refractivity contribution is 9.10. The molecule has 0 atom stereocenters. The smallest absolute Gasteiger partial charge is 0.152 e. The van der Waals surface area contributed by atoms with E-state index in [2.05, 4.69) is 20.9 Å². The number of rotatable bonds is 3. The van der Waals surface area contributed by atoms with E-state index in [4.69, 9.17) is 0 Å². The van der Waals surface area contributed by atoms with Crippen LogP contribution < -0.4 is 0 Å². The number of aldehydes is 1.